The zero-order chi connectivity index (χ0) is 22.3. The normalized spacial score (nSPS) is 15.0. The van der Waals surface area contributed by atoms with Gasteiger partial charge in [0.15, 0.2) is 0 Å². The summed E-state index contributed by atoms with van der Waals surface area (Å²) in [5, 5.41) is 2.93. The molecule has 0 aromatic heterocycles. The van der Waals surface area contributed by atoms with Crippen molar-refractivity contribution in [1.29, 1.82) is 0 Å². The second kappa shape index (κ2) is 10.9. The molecular formula is C24H33N3O3S. The molecule has 0 radical (unpaired) electrons. The Kier molecular flexibility index (Phi) is 8.23. The van der Waals surface area contributed by atoms with Crippen LogP contribution < -0.4 is 10.0 Å². The lowest BCUT2D eigenvalue weighted by Gasteiger charge is -2.27. The van der Waals surface area contributed by atoms with Gasteiger partial charge in [0.2, 0.25) is 15.9 Å². The molecule has 2 aromatic carbocycles. The van der Waals surface area contributed by atoms with Crippen molar-refractivity contribution >= 4 is 15.9 Å². The number of hydrogen-bond donors (Lipinski definition) is 2. The van der Waals surface area contributed by atoms with E-state index in [0.29, 0.717) is 12.1 Å². The lowest BCUT2D eigenvalue weighted by Crippen LogP contribution is -2.32. The number of nitrogens with one attached hydrogen (secondary N) is 2. The molecule has 0 aliphatic carbocycles. The molecule has 31 heavy (non-hydrogen) atoms. The molecule has 1 heterocycles. The van der Waals surface area contributed by atoms with Crippen LogP contribution in [0.4, 0.5) is 0 Å². The fourth-order valence-electron chi connectivity index (χ4n) is 4.00. The van der Waals surface area contributed by atoms with Gasteiger partial charge in [0.25, 0.3) is 0 Å². The van der Waals surface area contributed by atoms with Crippen LogP contribution in [0, 0.1) is 13.8 Å². The van der Waals surface area contributed by atoms with E-state index in [-0.39, 0.29) is 23.8 Å². The van der Waals surface area contributed by atoms with Crippen LogP contribution in [-0.4, -0.2) is 38.9 Å². The van der Waals surface area contributed by atoms with Gasteiger partial charge in [-0.2, -0.15) is 0 Å². The summed E-state index contributed by atoms with van der Waals surface area (Å²) in [6, 6.07) is 13.4. The van der Waals surface area contributed by atoms with Gasteiger partial charge in [0.1, 0.15) is 0 Å². The molecule has 2 aromatic rings. The number of rotatable bonds is 9. The minimum absolute atomic E-state index is 0.0664. The molecule has 3 rings (SSSR count). The number of sulfonamides is 1. The molecular weight excluding hydrogens is 410 g/mol. The monoisotopic (exact) mass is 443 g/mol. The molecule has 1 aliphatic heterocycles. The van der Waals surface area contributed by atoms with Crippen molar-refractivity contribution in [1.82, 2.24) is 14.9 Å². The summed E-state index contributed by atoms with van der Waals surface area (Å²) in [4.78, 5) is 15.0. The Morgan fingerprint density at radius 3 is 2.42 bits per heavy atom. The maximum Gasteiger partial charge on any atom is 0.240 e. The number of piperidine rings is 1. The highest BCUT2D eigenvalue weighted by Crippen LogP contribution is 2.17. The first-order valence-electron chi connectivity index (χ1n) is 11.0. The fraction of sp³-hybridized carbons (Fsp3) is 0.458. The number of benzene rings is 2. The van der Waals surface area contributed by atoms with E-state index < -0.39 is 10.0 Å². The van der Waals surface area contributed by atoms with Crippen molar-refractivity contribution in [3.05, 3.63) is 64.7 Å². The van der Waals surface area contributed by atoms with Crippen molar-refractivity contribution in [3.63, 3.8) is 0 Å². The Morgan fingerprint density at radius 1 is 1.00 bits per heavy atom. The molecule has 168 valence electrons. The Morgan fingerprint density at radius 2 is 1.71 bits per heavy atom. The van der Waals surface area contributed by atoms with Gasteiger partial charge in [-0.1, -0.05) is 48.4 Å². The molecule has 0 saturated carbocycles. The Hall–Kier alpha value is -2.22. The smallest absolute Gasteiger partial charge is 0.240 e. The summed E-state index contributed by atoms with van der Waals surface area (Å²) in [5.41, 5.74) is 4.05. The van der Waals surface area contributed by atoms with Gasteiger partial charge < -0.3 is 5.32 Å². The lowest BCUT2D eigenvalue weighted by molar-refractivity contribution is -0.121. The summed E-state index contributed by atoms with van der Waals surface area (Å²) < 4.78 is 27.6. The quantitative estimate of drug-likeness (QED) is 0.624. The summed E-state index contributed by atoms with van der Waals surface area (Å²) >= 11 is 0. The van der Waals surface area contributed by atoms with Crippen LogP contribution in [0.15, 0.2) is 47.4 Å². The molecule has 0 unspecified atom stereocenters. The molecule has 7 heteroatoms. The van der Waals surface area contributed by atoms with E-state index in [1.54, 1.807) is 19.1 Å². The lowest BCUT2D eigenvalue weighted by atomic mass is 10.0. The summed E-state index contributed by atoms with van der Waals surface area (Å²) in [6.45, 7) is 7.37. The second-order valence-corrected chi connectivity index (χ2v) is 10.0. The SMILES string of the molecule is Cc1ccc(S(=O)(=O)NCCC(=O)NCc2ccccc2CN2CCCCC2)c(C)c1. The van der Waals surface area contributed by atoms with E-state index in [2.05, 4.69) is 21.0 Å². The van der Waals surface area contributed by atoms with Gasteiger partial charge in [-0.3, -0.25) is 9.69 Å². The first-order chi connectivity index (χ1) is 14.8. The number of nitrogens with zero attached hydrogens (tertiary/aromatic N) is 1. The largest absolute Gasteiger partial charge is 0.352 e. The van der Waals surface area contributed by atoms with E-state index in [1.807, 2.05) is 31.2 Å². The Bertz CT molecular complexity index is 999. The predicted octanol–water partition coefficient (Wildman–Crippen LogP) is 3.27. The van der Waals surface area contributed by atoms with Gasteiger partial charge in [-0.15, -0.1) is 0 Å². The van der Waals surface area contributed by atoms with Gasteiger partial charge in [0, 0.05) is 26.1 Å². The number of likely N-dealkylation sites (tertiary alicyclic amines) is 1. The van der Waals surface area contributed by atoms with Crippen LogP contribution >= 0.6 is 0 Å². The van der Waals surface area contributed by atoms with Gasteiger partial charge in [0.05, 0.1) is 4.90 Å². The van der Waals surface area contributed by atoms with E-state index >= 15 is 0 Å². The predicted molar refractivity (Wildman–Crippen MR) is 123 cm³/mol. The van der Waals surface area contributed by atoms with Crippen LogP contribution in [0.2, 0.25) is 0 Å². The van der Waals surface area contributed by atoms with E-state index in [0.717, 1.165) is 30.8 Å². The third-order valence-corrected chi connectivity index (χ3v) is 7.32. The van der Waals surface area contributed by atoms with Gasteiger partial charge >= 0.3 is 0 Å². The molecule has 1 fully saturated rings. The van der Waals surface area contributed by atoms with E-state index in [1.165, 1.54) is 24.8 Å². The number of aryl methyl sites for hydroxylation is 2. The highest BCUT2D eigenvalue weighted by Gasteiger charge is 2.17. The number of carbonyl (C=O) groups is 1. The van der Waals surface area contributed by atoms with E-state index in [9.17, 15) is 13.2 Å². The average Bonchev–Trinajstić information content (AvgIpc) is 2.73. The standard InChI is InChI=1S/C24H33N3O3S/c1-19-10-11-23(20(2)16-19)31(29,30)26-13-12-24(28)25-17-21-8-4-5-9-22(21)18-27-14-6-3-7-15-27/h4-5,8-11,16,26H,3,6-7,12-15,17-18H2,1-2H3,(H,25,28). The third-order valence-electron chi connectivity index (χ3n) is 5.70. The second-order valence-electron chi connectivity index (χ2n) is 8.30. The zero-order valence-corrected chi connectivity index (χ0v) is 19.3. The van der Waals surface area contributed by atoms with Crippen LogP contribution in [0.3, 0.4) is 0 Å². The van der Waals surface area contributed by atoms with E-state index in [4.69, 9.17) is 0 Å². The number of amides is 1. The first kappa shape index (κ1) is 23.4. The molecule has 6 nitrogen and oxygen atoms in total. The van der Waals surface area contributed by atoms with Crippen LogP contribution in [0.25, 0.3) is 0 Å². The van der Waals surface area contributed by atoms with Crippen molar-refractivity contribution in [2.45, 2.75) is 57.5 Å². The number of carbonyl (C=O) groups excluding carboxylic acids is 1. The molecule has 1 aliphatic rings. The van der Waals surface area contributed by atoms with Crippen LogP contribution in [0.5, 0.6) is 0 Å². The summed E-state index contributed by atoms with van der Waals surface area (Å²) in [5.74, 6) is -0.170. The summed E-state index contributed by atoms with van der Waals surface area (Å²) in [6.07, 6.45) is 3.90. The zero-order valence-electron chi connectivity index (χ0n) is 18.5. The van der Waals surface area contributed by atoms with Crippen LogP contribution in [-0.2, 0) is 27.9 Å². The molecule has 0 spiro atoms. The minimum Gasteiger partial charge on any atom is -0.352 e. The molecule has 1 saturated heterocycles. The molecule has 1 amide bonds. The highest BCUT2D eigenvalue weighted by atomic mass is 32.2. The fourth-order valence-corrected chi connectivity index (χ4v) is 5.26. The first-order valence-corrected chi connectivity index (χ1v) is 12.5. The van der Waals surface area contributed by atoms with Gasteiger partial charge in [-0.25, -0.2) is 13.1 Å². The minimum atomic E-state index is -3.63. The third kappa shape index (κ3) is 6.89. The average molecular weight is 444 g/mol. The van der Waals surface area contributed by atoms with Gasteiger partial charge in [-0.05, 0) is 62.5 Å². The van der Waals surface area contributed by atoms with Crippen molar-refractivity contribution < 1.29 is 13.2 Å². The van der Waals surface area contributed by atoms with Crippen molar-refractivity contribution in [2.75, 3.05) is 19.6 Å². The molecule has 0 atom stereocenters. The highest BCUT2D eigenvalue weighted by molar-refractivity contribution is 7.89. The number of hydrogen-bond acceptors (Lipinski definition) is 4. The molecule has 2 N–H and O–H groups in total. The van der Waals surface area contributed by atoms with Crippen LogP contribution in [0.1, 0.15) is 47.9 Å². The van der Waals surface area contributed by atoms with Crippen molar-refractivity contribution in [3.8, 4) is 0 Å². The molecule has 0 bridgehead atoms. The Labute approximate surface area is 186 Å². The topological polar surface area (TPSA) is 78.5 Å². The summed E-state index contributed by atoms with van der Waals surface area (Å²) in [7, 11) is -3.63. The maximum atomic E-state index is 12.5. The maximum absolute atomic E-state index is 12.5. The Balaban J connectivity index is 1.48. The van der Waals surface area contributed by atoms with Crippen molar-refractivity contribution in [2.24, 2.45) is 0 Å².